The topological polar surface area (TPSA) is 75.6 Å². The Kier molecular flexibility index (Phi) is 7.46. The lowest BCUT2D eigenvalue weighted by molar-refractivity contribution is 0.669. The summed E-state index contributed by atoms with van der Waals surface area (Å²) < 4.78 is 6.45. The van der Waals surface area contributed by atoms with Crippen LogP contribution in [0.15, 0.2) is 174 Å². The van der Waals surface area contributed by atoms with Crippen LogP contribution in [0.4, 0.5) is 0 Å². The molecule has 0 fully saturated rings. The maximum Gasteiger partial charge on any atom is 0.164 e. The van der Waals surface area contributed by atoms with Crippen molar-refractivity contribution in [2.75, 3.05) is 0 Å². The molecule has 0 unspecified atom stereocenters. The molecule has 0 atom stereocenters. The first-order valence-electron chi connectivity index (χ1n) is 16.7. The van der Waals surface area contributed by atoms with E-state index < -0.39 is 0 Å². The van der Waals surface area contributed by atoms with E-state index in [0.29, 0.717) is 23.0 Å². The molecule has 2 aromatic heterocycles. The van der Waals surface area contributed by atoms with Crippen LogP contribution in [0.5, 0.6) is 0 Å². The van der Waals surface area contributed by atoms with Crippen molar-refractivity contribution in [1.82, 2.24) is 15.0 Å². The second-order valence-electron chi connectivity index (χ2n) is 12.3. The molecule has 0 amide bonds. The fourth-order valence-electron chi connectivity index (χ4n) is 6.69. The Hall–Kier alpha value is -7.16. The number of furan rings is 1. The second kappa shape index (κ2) is 12.7. The molecule has 9 aromatic rings. The van der Waals surface area contributed by atoms with Crippen LogP contribution >= 0.6 is 0 Å². The molecule has 0 aliphatic heterocycles. The van der Waals surface area contributed by atoms with Gasteiger partial charge in [-0.25, -0.2) is 15.0 Å². The SMILES string of the molecule is N#Cc1ccccc1-c1cccc(-c2nc(-c3ccc(-c4ccccc4)cc3)nc(-c3ccc4c(c3)oc3cccc(-c5ccccc5)c34)n2)c1. The summed E-state index contributed by atoms with van der Waals surface area (Å²) in [5.41, 5.74) is 11.0. The molecular formula is C46H28N4O. The van der Waals surface area contributed by atoms with E-state index in [9.17, 15) is 5.26 Å². The van der Waals surface area contributed by atoms with E-state index in [1.807, 2.05) is 91.0 Å². The maximum atomic E-state index is 9.79. The van der Waals surface area contributed by atoms with Crippen LogP contribution in [0.2, 0.25) is 0 Å². The molecule has 0 N–H and O–H groups in total. The highest BCUT2D eigenvalue weighted by Gasteiger charge is 2.17. The van der Waals surface area contributed by atoms with Crippen molar-refractivity contribution in [3.05, 3.63) is 175 Å². The molecule has 5 heteroatoms. The molecule has 9 rings (SSSR count). The maximum absolute atomic E-state index is 9.79. The molecule has 2 heterocycles. The quantitative estimate of drug-likeness (QED) is 0.179. The summed E-state index contributed by atoms with van der Waals surface area (Å²) in [6.45, 7) is 0. The molecule has 0 aliphatic rings. The minimum atomic E-state index is 0.537. The van der Waals surface area contributed by atoms with Gasteiger partial charge in [0, 0.05) is 27.5 Å². The lowest BCUT2D eigenvalue weighted by atomic mass is 9.98. The monoisotopic (exact) mass is 652 g/mol. The summed E-state index contributed by atoms with van der Waals surface area (Å²) in [6.07, 6.45) is 0. The third-order valence-corrected chi connectivity index (χ3v) is 9.21. The van der Waals surface area contributed by atoms with Crippen LogP contribution < -0.4 is 0 Å². The van der Waals surface area contributed by atoms with Gasteiger partial charge in [-0.1, -0.05) is 140 Å². The zero-order valence-electron chi connectivity index (χ0n) is 27.4. The Morgan fingerprint density at radius 2 is 0.922 bits per heavy atom. The van der Waals surface area contributed by atoms with Gasteiger partial charge < -0.3 is 4.42 Å². The zero-order valence-corrected chi connectivity index (χ0v) is 27.4. The number of hydrogen-bond donors (Lipinski definition) is 0. The van der Waals surface area contributed by atoms with Crippen molar-refractivity contribution in [2.24, 2.45) is 0 Å². The number of fused-ring (bicyclic) bond motifs is 3. The van der Waals surface area contributed by atoms with Crippen molar-refractivity contribution >= 4 is 21.9 Å². The fraction of sp³-hybridized carbons (Fsp3) is 0. The van der Waals surface area contributed by atoms with Crippen LogP contribution in [0, 0.1) is 11.3 Å². The Labute approximate surface area is 294 Å². The van der Waals surface area contributed by atoms with Gasteiger partial charge >= 0.3 is 0 Å². The predicted molar refractivity (Wildman–Crippen MR) is 204 cm³/mol. The molecule has 238 valence electrons. The molecule has 5 nitrogen and oxygen atoms in total. The number of nitrogens with zero attached hydrogens (tertiary/aromatic N) is 4. The van der Waals surface area contributed by atoms with E-state index in [1.165, 1.54) is 0 Å². The standard InChI is InChI=1S/C46H28N4O/c47-29-37-15-7-8-18-38(37)34-16-9-17-35(27-34)45-48-44(33-23-21-31(22-24-33)30-11-3-1-4-12-30)49-46(50-45)36-25-26-40-42(28-36)51-41-20-10-19-39(43(40)41)32-13-5-2-6-14-32/h1-28H. The first kappa shape index (κ1) is 29.9. The average molecular weight is 653 g/mol. The van der Waals surface area contributed by atoms with E-state index in [-0.39, 0.29) is 0 Å². The highest BCUT2D eigenvalue weighted by Crippen LogP contribution is 2.38. The largest absolute Gasteiger partial charge is 0.456 e. The average Bonchev–Trinajstić information content (AvgIpc) is 3.60. The number of benzene rings is 7. The van der Waals surface area contributed by atoms with Crippen molar-refractivity contribution < 1.29 is 4.42 Å². The van der Waals surface area contributed by atoms with Crippen molar-refractivity contribution in [3.63, 3.8) is 0 Å². The van der Waals surface area contributed by atoms with Crippen LogP contribution in [-0.4, -0.2) is 15.0 Å². The van der Waals surface area contributed by atoms with E-state index >= 15 is 0 Å². The molecule has 0 saturated carbocycles. The zero-order chi connectivity index (χ0) is 34.1. The van der Waals surface area contributed by atoms with Gasteiger partial charge in [0.15, 0.2) is 17.5 Å². The summed E-state index contributed by atoms with van der Waals surface area (Å²) in [5, 5.41) is 11.9. The van der Waals surface area contributed by atoms with E-state index in [1.54, 1.807) is 0 Å². The fourth-order valence-corrected chi connectivity index (χ4v) is 6.69. The van der Waals surface area contributed by atoms with Crippen molar-refractivity contribution in [1.29, 1.82) is 5.26 Å². The third-order valence-electron chi connectivity index (χ3n) is 9.21. The molecule has 0 bridgehead atoms. The molecular weight excluding hydrogens is 625 g/mol. The Bertz CT molecular complexity index is 2750. The van der Waals surface area contributed by atoms with Gasteiger partial charge in [-0.05, 0) is 63.7 Å². The minimum Gasteiger partial charge on any atom is -0.456 e. The highest BCUT2D eigenvalue weighted by atomic mass is 16.3. The molecule has 51 heavy (non-hydrogen) atoms. The number of aromatic nitrogens is 3. The summed E-state index contributed by atoms with van der Waals surface area (Å²) >= 11 is 0. The lowest BCUT2D eigenvalue weighted by Gasteiger charge is -2.11. The summed E-state index contributed by atoms with van der Waals surface area (Å²) in [7, 11) is 0. The van der Waals surface area contributed by atoms with Gasteiger partial charge in [0.1, 0.15) is 11.2 Å². The molecule has 0 aliphatic carbocycles. The highest BCUT2D eigenvalue weighted by molar-refractivity contribution is 6.13. The van der Waals surface area contributed by atoms with Crippen molar-refractivity contribution in [2.45, 2.75) is 0 Å². The first-order chi connectivity index (χ1) is 25.2. The summed E-state index contributed by atoms with van der Waals surface area (Å²) in [6, 6.07) is 59.3. The van der Waals surface area contributed by atoms with Gasteiger partial charge in [0.2, 0.25) is 0 Å². The van der Waals surface area contributed by atoms with Crippen LogP contribution in [0.1, 0.15) is 5.56 Å². The lowest BCUT2D eigenvalue weighted by Crippen LogP contribution is -2.00. The van der Waals surface area contributed by atoms with Crippen LogP contribution in [-0.2, 0) is 0 Å². The third kappa shape index (κ3) is 5.61. The van der Waals surface area contributed by atoms with E-state index in [4.69, 9.17) is 19.4 Å². The van der Waals surface area contributed by atoms with Crippen molar-refractivity contribution in [3.8, 4) is 73.6 Å². The normalized spacial score (nSPS) is 11.1. The van der Waals surface area contributed by atoms with E-state index in [0.717, 1.165) is 72.0 Å². The summed E-state index contributed by atoms with van der Waals surface area (Å²) in [4.78, 5) is 15.1. The molecule has 0 radical (unpaired) electrons. The van der Waals surface area contributed by atoms with Gasteiger partial charge in [-0.15, -0.1) is 0 Å². The number of nitriles is 1. The van der Waals surface area contributed by atoms with Gasteiger partial charge in [-0.3, -0.25) is 0 Å². The molecule has 0 spiro atoms. The van der Waals surface area contributed by atoms with Crippen LogP contribution in [0.25, 0.3) is 89.5 Å². The number of hydrogen-bond acceptors (Lipinski definition) is 5. The van der Waals surface area contributed by atoms with Gasteiger partial charge in [-0.2, -0.15) is 5.26 Å². The smallest absolute Gasteiger partial charge is 0.164 e. The predicted octanol–water partition coefficient (Wildman–Crippen LogP) is 11.6. The summed E-state index contributed by atoms with van der Waals surface area (Å²) in [5.74, 6) is 1.64. The molecule has 0 saturated heterocycles. The van der Waals surface area contributed by atoms with E-state index in [2.05, 4.69) is 84.9 Å². The Morgan fingerprint density at radius 1 is 0.392 bits per heavy atom. The second-order valence-corrected chi connectivity index (χ2v) is 12.3. The Balaban J connectivity index is 1.19. The van der Waals surface area contributed by atoms with Crippen LogP contribution in [0.3, 0.4) is 0 Å². The number of rotatable bonds is 6. The Morgan fingerprint density at radius 3 is 1.67 bits per heavy atom. The first-order valence-corrected chi connectivity index (χ1v) is 16.7. The minimum absolute atomic E-state index is 0.537. The molecule has 7 aromatic carbocycles. The van der Waals surface area contributed by atoms with Gasteiger partial charge in [0.25, 0.3) is 0 Å². The van der Waals surface area contributed by atoms with Gasteiger partial charge in [0.05, 0.1) is 11.6 Å².